The molecular formula is C24H23N3O6S. The smallest absolute Gasteiger partial charge is 0.343 e. The third kappa shape index (κ3) is 6.20. The fourth-order valence-corrected chi connectivity index (χ4v) is 4.01. The van der Waals surface area contributed by atoms with E-state index in [2.05, 4.69) is 15.3 Å². The van der Waals surface area contributed by atoms with Crippen molar-refractivity contribution in [1.29, 1.82) is 0 Å². The Morgan fingerprint density at radius 1 is 0.971 bits per heavy atom. The molecule has 0 saturated heterocycles. The van der Waals surface area contributed by atoms with Crippen LogP contribution in [0.5, 0.6) is 5.75 Å². The van der Waals surface area contributed by atoms with Gasteiger partial charge in [-0.25, -0.2) is 18.6 Å². The van der Waals surface area contributed by atoms with Crippen molar-refractivity contribution < 1.29 is 27.5 Å². The highest BCUT2D eigenvalue weighted by molar-refractivity contribution is 7.92. The van der Waals surface area contributed by atoms with Gasteiger partial charge in [-0.1, -0.05) is 18.2 Å². The molecule has 9 nitrogen and oxygen atoms in total. The van der Waals surface area contributed by atoms with Gasteiger partial charge in [-0.05, 0) is 66.2 Å². The fourth-order valence-electron chi connectivity index (χ4n) is 2.79. The Labute approximate surface area is 197 Å². The van der Waals surface area contributed by atoms with Gasteiger partial charge >= 0.3 is 5.97 Å². The monoisotopic (exact) mass is 481 g/mol. The summed E-state index contributed by atoms with van der Waals surface area (Å²) in [5, 5.41) is 3.93. The summed E-state index contributed by atoms with van der Waals surface area (Å²) in [6.07, 6.45) is 1.45. The van der Waals surface area contributed by atoms with E-state index in [1.165, 1.54) is 44.6 Å². The number of nitrogens with zero attached hydrogens (tertiary/aromatic N) is 2. The summed E-state index contributed by atoms with van der Waals surface area (Å²) < 4.78 is 36.4. The van der Waals surface area contributed by atoms with Crippen LogP contribution in [0.2, 0.25) is 0 Å². The van der Waals surface area contributed by atoms with Gasteiger partial charge in [0.2, 0.25) is 0 Å². The number of ether oxygens (including phenoxy) is 2. The first kappa shape index (κ1) is 24.5. The maximum absolute atomic E-state index is 12.7. The molecule has 0 aliphatic carbocycles. The first-order valence-corrected chi connectivity index (χ1v) is 11.5. The molecule has 3 rings (SSSR count). The second-order valence-electron chi connectivity index (χ2n) is 6.97. The third-order valence-corrected chi connectivity index (χ3v) is 6.54. The number of methoxy groups -OCH3 is 1. The van der Waals surface area contributed by atoms with Gasteiger partial charge in [0, 0.05) is 12.6 Å². The summed E-state index contributed by atoms with van der Waals surface area (Å²) in [4.78, 5) is 23.6. The molecule has 0 aliphatic heterocycles. The zero-order chi connectivity index (χ0) is 24.6. The molecule has 3 aromatic rings. The average Bonchev–Trinajstić information content (AvgIpc) is 2.88. The van der Waals surface area contributed by atoms with Crippen LogP contribution in [0.3, 0.4) is 0 Å². The van der Waals surface area contributed by atoms with Crippen LogP contribution in [0.1, 0.15) is 15.9 Å². The van der Waals surface area contributed by atoms with E-state index in [9.17, 15) is 18.0 Å². The Morgan fingerprint density at radius 3 is 2.24 bits per heavy atom. The van der Waals surface area contributed by atoms with Crippen LogP contribution in [-0.4, -0.2) is 47.3 Å². The second-order valence-corrected chi connectivity index (χ2v) is 8.93. The molecule has 1 amide bonds. The Balaban J connectivity index is 1.57. The molecular weight excluding hydrogens is 458 g/mol. The van der Waals surface area contributed by atoms with E-state index >= 15 is 0 Å². The van der Waals surface area contributed by atoms with Crippen molar-refractivity contribution >= 4 is 33.8 Å². The lowest BCUT2D eigenvalue weighted by atomic mass is 10.2. The number of anilines is 1. The number of carbonyl (C=O) groups excluding carboxylic acids is 2. The third-order valence-electron chi connectivity index (χ3n) is 4.74. The van der Waals surface area contributed by atoms with Gasteiger partial charge in [-0.3, -0.25) is 9.10 Å². The SMILES string of the molecule is COC(=O)COc1ccc(C=NNC(=O)c2ccc(N(C)S(=O)(=O)c3ccccc3)cc2)cc1. The minimum Gasteiger partial charge on any atom is -0.482 e. The predicted octanol–water partition coefficient (Wildman–Crippen LogP) is 2.83. The van der Waals surface area contributed by atoms with Crippen molar-refractivity contribution in [1.82, 2.24) is 5.43 Å². The molecule has 0 spiro atoms. The van der Waals surface area contributed by atoms with E-state index in [-0.39, 0.29) is 11.5 Å². The van der Waals surface area contributed by atoms with Gasteiger partial charge in [-0.15, -0.1) is 0 Å². The lowest BCUT2D eigenvalue weighted by molar-refractivity contribution is -0.142. The Morgan fingerprint density at radius 2 is 1.62 bits per heavy atom. The van der Waals surface area contributed by atoms with Crippen molar-refractivity contribution in [2.24, 2.45) is 5.10 Å². The highest BCUT2D eigenvalue weighted by Crippen LogP contribution is 2.22. The van der Waals surface area contributed by atoms with Gasteiger partial charge in [-0.2, -0.15) is 5.10 Å². The number of esters is 1. The molecule has 0 unspecified atom stereocenters. The largest absolute Gasteiger partial charge is 0.482 e. The van der Waals surface area contributed by atoms with Gasteiger partial charge in [0.25, 0.3) is 15.9 Å². The summed E-state index contributed by atoms with van der Waals surface area (Å²) >= 11 is 0. The van der Waals surface area contributed by atoms with Crippen molar-refractivity contribution in [2.75, 3.05) is 25.1 Å². The fraction of sp³-hybridized carbons (Fsp3) is 0.125. The van der Waals surface area contributed by atoms with E-state index in [0.29, 0.717) is 22.6 Å². The van der Waals surface area contributed by atoms with Gasteiger partial charge in [0.15, 0.2) is 6.61 Å². The van der Waals surface area contributed by atoms with E-state index in [0.717, 1.165) is 4.31 Å². The van der Waals surface area contributed by atoms with Crippen LogP contribution in [0.25, 0.3) is 0 Å². The van der Waals surface area contributed by atoms with Crippen LogP contribution >= 0.6 is 0 Å². The number of carbonyl (C=O) groups is 2. The van der Waals surface area contributed by atoms with Gasteiger partial charge in [0.05, 0.1) is 23.9 Å². The number of amides is 1. The molecule has 0 aliphatic rings. The van der Waals surface area contributed by atoms with E-state index < -0.39 is 21.9 Å². The normalized spacial score (nSPS) is 11.1. The molecule has 3 aromatic carbocycles. The number of hydrazone groups is 1. The van der Waals surface area contributed by atoms with E-state index in [1.54, 1.807) is 54.6 Å². The Bertz CT molecular complexity index is 1260. The summed E-state index contributed by atoms with van der Waals surface area (Å²) in [5.41, 5.74) is 3.86. The van der Waals surface area contributed by atoms with Gasteiger partial charge in [0.1, 0.15) is 5.75 Å². The van der Waals surface area contributed by atoms with Crippen molar-refractivity contribution in [2.45, 2.75) is 4.90 Å². The maximum atomic E-state index is 12.7. The Hall–Kier alpha value is -4.18. The molecule has 0 radical (unpaired) electrons. The average molecular weight is 482 g/mol. The highest BCUT2D eigenvalue weighted by Gasteiger charge is 2.21. The quantitative estimate of drug-likeness (QED) is 0.286. The number of benzene rings is 3. The summed E-state index contributed by atoms with van der Waals surface area (Å²) in [7, 11) is -0.973. The number of nitrogens with one attached hydrogen (secondary N) is 1. The lowest BCUT2D eigenvalue weighted by Gasteiger charge is -2.19. The molecule has 0 bridgehead atoms. The van der Waals surface area contributed by atoms with Crippen molar-refractivity contribution in [3.05, 3.63) is 90.0 Å². The first-order valence-electron chi connectivity index (χ1n) is 10.1. The van der Waals surface area contributed by atoms with Crippen LogP contribution in [-0.2, 0) is 19.6 Å². The number of rotatable bonds is 9. The molecule has 0 aromatic heterocycles. The highest BCUT2D eigenvalue weighted by atomic mass is 32.2. The van der Waals surface area contributed by atoms with Crippen LogP contribution < -0.4 is 14.5 Å². The summed E-state index contributed by atoms with van der Waals surface area (Å²) in [5.74, 6) is -0.439. The number of hydrogen-bond acceptors (Lipinski definition) is 7. The molecule has 0 heterocycles. The second kappa shape index (κ2) is 11.1. The van der Waals surface area contributed by atoms with Crippen molar-refractivity contribution in [3.63, 3.8) is 0 Å². The number of sulfonamides is 1. The van der Waals surface area contributed by atoms with E-state index in [1.807, 2.05) is 0 Å². The van der Waals surface area contributed by atoms with Crippen molar-refractivity contribution in [3.8, 4) is 5.75 Å². The molecule has 10 heteroatoms. The minimum atomic E-state index is -3.71. The zero-order valence-electron chi connectivity index (χ0n) is 18.5. The first-order chi connectivity index (χ1) is 16.3. The van der Waals surface area contributed by atoms with Crippen LogP contribution in [0, 0.1) is 0 Å². The predicted molar refractivity (Wildman–Crippen MR) is 127 cm³/mol. The molecule has 34 heavy (non-hydrogen) atoms. The standard InChI is InChI=1S/C24H23N3O6S/c1-27(34(30,31)22-6-4-3-5-7-22)20-12-10-19(11-13-20)24(29)26-25-16-18-8-14-21(15-9-18)33-17-23(28)32-2/h3-16H,17H2,1-2H3,(H,26,29). The summed E-state index contributed by atoms with van der Waals surface area (Å²) in [6.45, 7) is -0.188. The number of hydrogen-bond donors (Lipinski definition) is 1. The Kier molecular flexibility index (Phi) is 7.99. The topological polar surface area (TPSA) is 114 Å². The maximum Gasteiger partial charge on any atom is 0.343 e. The molecule has 0 saturated carbocycles. The summed E-state index contributed by atoms with van der Waals surface area (Å²) in [6, 6.07) is 21.0. The van der Waals surface area contributed by atoms with Gasteiger partial charge < -0.3 is 9.47 Å². The molecule has 1 N–H and O–H groups in total. The zero-order valence-corrected chi connectivity index (χ0v) is 19.4. The molecule has 0 fully saturated rings. The molecule has 0 atom stereocenters. The van der Waals surface area contributed by atoms with E-state index in [4.69, 9.17) is 4.74 Å². The van der Waals surface area contributed by atoms with Crippen LogP contribution in [0.15, 0.2) is 88.9 Å². The van der Waals surface area contributed by atoms with Crippen LogP contribution in [0.4, 0.5) is 5.69 Å². The lowest BCUT2D eigenvalue weighted by Crippen LogP contribution is -2.26. The molecule has 176 valence electrons. The minimum absolute atomic E-state index is 0.178.